The number of nitrogens with one attached hydrogen (secondary N) is 1. The topological polar surface area (TPSA) is 46.9 Å². The molecule has 0 saturated heterocycles. The minimum absolute atomic E-state index is 0.283. The van der Waals surface area contributed by atoms with E-state index >= 15 is 0 Å². The first-order valence-electron chi connectivity index (χ1n) is 6.92. The van der Waals surface area contributed by atoms with Crippen LogP contribution in [0.25, 0.3) is 5.69 Å². The van der Waals surface area contributed by atoms with E-state index in [1.54, 1.807) is 22.9 Å². The van der Waals surface area contributed by atoms with Crippen molar-refractivity contribution >= 4 is 34.8 Å². The highest BCUT2D eigenvalue weighted by Gasteiger charge is 2.11. The summed E-state index contributed by atoms with van der Waals surface area (Å²) in [4.78, 5) is 12.2. The van der Waals surface area contributed by atoms with Crippen LogP contribution in [-0.4, -0.2) is 15.7 Å². The average Bonchev–Trinajstić information content (AvgIpc) is 2.94. The molecular weight excluding hydrogens is 333 g/mol. The molecular formula is C17H13Cl2N3O. The minimum atomic E-state index is -0.283. The highest BCUT2D eigenvalue weighted by atomic mass is 35.5. The maximum Gasteiger partial charge on any atom is 0.257 e. The fraction of sp³-hybridized carbons (Fsp3) is 0.0588. The van der Waals surface area contributed by atoms with Crippen molar-refractivity contribution < 1.29 is 4.79 Å². The van der Waals surface area contributed by atoms with E-state index < -0.39 is 0 Å². The number of amides is 1. The predicted molar refractivity (Wildman–Crippen MR) is 92.7 cm³/mol. The lowest BCUT2D eigenvalue weighted by molar-refractivity contribution is 0.102. The number of carbonyl (C=O) groups is 1. The van der Waals surface area contributed by atoms with Gasteiger partial charge >= 0.3 is 0 Å². The van der Waals surface area contributed by atoms with Crippen LogP contribution in [0, 0.1) is 6.92 Å². The van der Waals surface area contributed by atoms with Crippen LogP contribution in [0.5, 0.6) is 0 Å². The van der Waals surface area contributed by atoms with Gasteiger partial charge in [0.2, 0.25) is 0 Å². The molecule has 3 rings (SSSR count). The Balaban J connectivity index is 1.76. The van der Waals surface area contributed by atoms with Crippen LogP contribution in [0.15, 0.2) is 54.7 Å². The van der Waals surface area contributed by atoms with Gasteiger partial charge in [-0.1, -0.05) is 23.2 Å². The summed E-state index contributed by atoms with van der Waals surface area (Å²) in [5.41, 5.74) is 2.91. The maximum atomic E-state index is 12.2. The zero-order chi connectivity index (χ0) is 16.4. The Kier molecular flexibility index (Phi) is 4.37. The smallest absolute Gasteiger partial charge is 0.257 e. The number of rotatable bonds is 3. The fourth-order valence-electron chi connectivity index (χ4n) is 2.13. The molecule has 6 heteroatoms. The Hall–Kier alpha value is -2.30. The Morgan fingerprint density at radius 3 is 2.43 bits per heavy atom. The number of benzene rings is 2. The number of hydrogen-bond acceptors (Lipinski definition) is 2. The third kappa shape index (κ3) is 3.55. The van der Waals surface area contributed by atoms with Crippen molar-refractivity contribution in [2.75, 3.05) is 5.32 Å². The molecule has 0 aliphatic heterocycles. The molecule has 4 nitrogen and oxygen atoms in total. The number of carbonyl (C=O) groups excluding carboxylic acids is 1. The van der Waals surface area contributed by atoms with Crippen molar-refractivity contribution in [3.8, 4) is 5.69 Å². The molecule has 1 amide bonds. The fourth-order valence-corrected chi connectivity index (χ4v) is 2.62. The average molecular weight is 346 g/mol. The summed E-state index contributed by atoms with van der Waals surface area (Å²) in [6, 6.07) is 14.1. The monoisotopic (exact) mass is 345 g/mol. The normalized spacial score (nSPS) is 10.6. The van der Waals surface area contributed by atoms with E-state index in [1.165, 1.54) is 0 Å². The lowest BCUT2D eigenvalue weighted by atomic mass is 10.2. The molecule has 0 aliphatic carbocycles. The van der Waals surface area contributed by atoms with E-state index in [0.717, 1.165) is 11.4 Å². The summed E-state index contributed by atoms with van der Waals surface area (Å²) in [5.74, 6) is -0.283. The largest absolute Gasteiger partial charge is 0.322 e. The van der Waals surface area contributed by atoms with Crippen molar-refractivity contribution in [3.05, 3.63) is 76.0 Å². The van der Waals surface area contributed by atoms with Gasteiger partial charge in [-0.05, 0) is 55.5 Å². The molecule has 2 aromatic carbocycles. The molecule has 0 bridgehead atoms. The van der Waals surface area contributed by atoms with Crippen molar-refractivity contribution in [2.24, 2.45) is 0 Å². The third-order valence-corrected chi connectivity index (χ3v) is 3.84. The Morgan fingerprint density at radius 1 is 1.09 bits per heavy atom. The second-order valence-electron chi connectivity index (χ2n) is 5.03. The summed E-state index contributed by atoms with van der Waals surface area (Å²) >= 11 is 11.9. The number of halogens is 2. The maximum absolute atomic E-state index is 12.2. The molecule has 0 unspecified atom stereocenters. The van der Waals surface area contributed by atoms with E-state index in [0.29, 0.717) is 21.3 Å². The van der Waals surface area contributed by atoms with Crippen LogP contribution in [0.2, 0.25) is 10.0 Å². The summed E-state index contributed by atoms with van der Waals surface area (Å²) < 4.78 is 1.77. The number of hydrogen-bond donors (Lipinski definition) is 1. The first kappa shape index (κ1) is 15.6. The first-order valence-corrected chi connectivity index (χ1v) is 7.67. The van der Waals surface area contributed by atoms with Gasteiger partial charge in [0.15, 0.2) is 0 Å². The molecule has 0 fully saturated rings. The number of nitrogens with zero attached hydrogens (tertiary/aromatic N) is 2. The third-order valence-electron chi connectivity index (χ3n) is 3.29. The van der Waals surface area contributed by atoms with Gasteiger partial charge in [-0.2, -0.15) is 5.10 Å². The van der Waals surface area contributed by atoms with Gasteiger partial charge < -0.3 is 5.32 Å². The van der Waals surface area contributed by atoms with Crippen molar-refractivity contribution in [2.45, 2.75) is 6.92 Å². The minimum Gasteiger partial charge on any atom is -0.322 e. The second-order valence-corrected chi connectivity index (χ2v) is 5.87. The Labute approximate surface area is 143 Å². The Bertz CT molecular complexity index is 857. The van der Waals surface area contributed by atoms with Gasteiger partial charge in [-0.3, -0.25) is 4.79 Å². The van der Waals surface area contributed by atoms with Crippen LogP contribution < -0.4 is 5.32 Å². The van der Waals surface area contributed by atoms with Gasteiger partial charge in [0.05, 0.1) is 22.0 Å². The van der Waals surface area contributed by atoms with E-state index in [-0.39, 0.29) is 5.91 Å². The van der Waals surface area contributed by atoms with E-state index in [1.807, 2.05) is 43.5 Å². The zero-order valence-corrected chi connectivity index (χ0v) is 13.8. The van der Waals surface area contributed by atoms with E-state index in [4.69, 9.17) is 23.2 Å². The molecule has 0 spiro atoms. The SMILES string of the molecule is Cc1ccn(-c2ccc(NC(=O)c3ccc(Cl)cc3Cl)cc2)n1. The lowest BCUT2D eigenvalue weighted by Crippen LogP contribution is -2.12. The molecule has 1 heterocycles. The highest BCUT2D eigenvalue weighted by Crippen LogP contribution is 2.22. The molecule has 1 N–H and O–H groups in total. The van der Waals surface area contributed by atoms with Gasteiger partial charge in [0.25, 0.3) is 5.91 Å². The van der Waals surface area contributed by atoms with E-state index in [9.17, 15) is 4.79 Å². The number of anilines is 1. The molecule has 116 valence electrons. The summed E-state index contributed by atoms with van der Waals surface area (Å²) in [7, 11) is 0. The van der Waals surface area contributed by atoms with Gasteiger partial charge in [-0.15, -0.1) is 0 Å². The Morgan fingerprint density at radius 2 is 1.83 bits per heavy atom. The van der Waals surface area contributed by atoms with Crippen LogP contribution >= 0.6 is 23.2 Å². The second kappa shape index (κ2) is 6.44. The van der Waals surface area contributed by atoms with E-state index in [2.05, 4.69) is 10.4 Å². The molecule has 0 saturated carbocycles. The van der Waals surface area contributed by atoms with Crippen molar-refractivity contribution in [1.29, 1.82) is 0 Å². The lowest BCUT2D eigenvalue weighted by Gasteiger charge is -2.08. The standard InChI is InChI=1S/C17H13Cl2N3O/c1-11-8-9-22(21-11)14-5-3-13(4-6-14)20-17(23)15-7-2-12(18)10-16(15)19/h2-10H,1H3,(H,20,23). The quantitative estimate of drug-likeness (QED) is 0.745. The van der Waals surface area contributed by atoms with Crippen LogP contribution in [-0.2, 0) is 0 Å². The molecule has 0 radical (unpaired) electrons. The molecule has 0 aliphatic rings. The summed E-state index contributed by atoms with van der Waals surface area (Å²) in [5, 5.41) is 7.95. The summed E-state index contributed by atoms with van der Waals surface area (Å²) in [6.07, 6.45) is 1.89. The van der Waals surface area contributed by atoms with Crippen molar-refractivity contribution in [1.82, 2.24) is 9.78 Å². The van der Waals surface area contributed by atoms with Gasteiger partial charge in [-0.25, -0.2) is 4.68 Å². The number of aromatic nitrogens is 2. The highest BCUT2D eigenvalue weighted by molar-refractivity contribution is 6.37. The molecule has 0 atom stereocenters. The van der Waals surface area contributed by atoms with Crippen LogP contribution in [0.4, 0.5) is 5.69 Å². The van der Waals surface area contributed by atoms with Gasteiger partial charge in [0.1, 0.15) is 0 Å². The molecule has 1 aromatic heterocycles. The first-order chi connectivity index (χ1) is 11.0. The predicted octanol–water partition coefficient (Wildman–Crippen LogP) is 4.74. The van der Waals surface area contributed by atoms with Crippen LogP contribution in [0.1, 0.15) is 16.1 Å². The zero-order valence-electron chi connectivity index (χ0n) is 12.3. The number of aryl methyl sites for hydroxylation is 1. The van der Waals surface area contributed by atoms with Crippen LogP contribution in [0.3, 0.4) is 0 Å². The van der Waals surface area contributed by atoms with Gasteiger partial charge in [0, 0.05) is 16.9 Å². The summed E-state index contributed by atoms with van der Waals surface area (Å²) in [6.45, 7) is 1.93. The molecule has 3 aromatic rings. The van der Waals surface area contributed by atoms with Crippen molar-refractivity contribution in [3.63, 3.8) is 0 Å². The molecule has 23 heavy (non-hydrogen) atoms.